The van der Waals surface area contributed by atoms with Gasteiger partial charge in [-0.3, -0.25) is 9.78 Å². The van der Waals surface area contributed by atoms with Crippen molar-refractivity contribution >= 4 is 11.6 Å². The number of aromatic nitrogens is 1. The predicted octanol–water partition coefficient (Wildman–Crippen LogP) is 1.66. The van der Waals surface area contributed by atoms with Crippen molar-refractivity contribution in [1.82, 2.24) is 15.6 Å². The minimum Gasteiger partial charge on any atom is -0.371 e. The first-order valence-electron chi connectivity index (χ1n) is 7.82. The van der Waals surface area contributed by atoms with Crippen LogP contribution in [0.3, 0.4) is 0 Å². The van der Waals surface area contributed by atoms with Gasteiger partial charge in [-0.05, 0) is 51.8 Å². The average Bonchev–Trinajstić information content (AvgIpc) is 2.54. The van der Waals surface area contributed by atoms with Crippen LogP contribution in [-0.2, 0) is 0 Å². The fourth-order valence-corrected chi connectivity index (χ4v) is 2.88. The Hall–Kier alpha value is -1.62. The lowest BCUT2D eigenvalue weighted by Crippen LogP contribution is -2.41. The third kappa shape index (κ3) is 3.94. The van der Waals surface area contributed by atoms with Crippen molar-refractivity contribution in [3.05, 3.63) is 24.0 Å². The number of nitrogens with one attached hydrogen (secondary N) is 2. The van der Waals surface area contributed by atoms with Crippen LogP contribution in [0, 0.1) is 5.92 Å². The molecule has 0 bridgehead atoms. The van der Waals surface area contributed by atoms with Gasteiger partial charge in [-0.1, -0.05) is 0 Å². The largest absolute Gasteiger partial charge is 0.371 e. The number of carbonyl (C=O) groups is 1. The number of rotatable bonds is 5. The highest BCUT2D eigenvalue weighted by Crippen LogP contribution is 2.25. The molecule has 0 radical (unpaired) electrons. The van der Waals surface area contributed by atoms with Crippen molar-refractivity contribution in [3.8, 4) is 0 Å². The molecule has 1 fully saturated rings. The number of hydrogen-bond acceptors (Lipinski definition) is 4. The average molecular weight is 290 g/mol. The van der Waals surface area contributed by atoms with Crippen LogP contribution in [-0.4, -0.2) is 43.6 Å². The molecule has 0 aliphatic carbocycles. The molecule has 5 heteroatoms. The SMILES string of the molecule is CCNC(=O)c1cc(N2CCC(C(C)NC)CC2)ccn1. The molecule has 2 N–H and O–H groups in total. The van der Waals surface area contributed by atoms with E-state index in [9.17, 15) is 4.79 Å². The van der Waals surface area contributed by atoms with Gasteiger partial charge in [0.15, 0.2) is 0 Å². The molecule has 21 heavy (non-hydrogen) atoms. The van der Waals surface area contributed by atoms with Crippen molar-refractivity contribution in [3.63, 3.8) is 0 Å². The van der Waals surface area contributed by atoms with Crippen LogP contribution in [0.5, 0.6) is 0 Å². The van der Waals surface area contributed by atoms with Gasteiger partial charge in [-0.2, -0.15) is 0 Å². The van der Waals surface area contributed by atoms with E-state index in [1.165, 1.54) is 12.8 Å². The summed E-state index contributed by atoms with van der Waals surface area (Å²) < 4.78 is 0. The van der Waals surface area contributed by atoms with Gasteiger partial charge in [0.2, 0.25) is 0 Å². The third-order valence-electron chi connectivity index (χ3n) is 4.38. The molecular formula is C16H26N4O. The lowest BCUT2D eigenvalue weighted by molar-refractivity contribution is 0.0951. The van der Waals surface area contributed by atoms with E-state index in [2.05, 4.69) is 27.4 Å². The van der Waals surface area contributed by atoms with E-state index in [4.69, 9.17) is 0 Å². The molecule has 116 valence electrons. The maximum absolute atomic E-state index is 11.9. The molecular weight excluding hydrogens is 264 g/mol. The van der Waals surface area contributed by atoms with Crippen LogP contribution < -0.4 is 15.5 Å². The Labute approximate surface area is 127 Å². The number of amides is 1. The van der Waals surface area contributed by atoms with Gasteiger partial charge in [-0.15, -0.1) is 0 Å². The molecule has 5 nitrogen and oxygen atoms in total. The number of piperidine rings is 1. The zero-order valence-corrected chi connectivity index (χ0v) is 13.2. The lowest BCUT2D eigenvalue weighted by Gasteiger charge is -2.36. The van der Waals surface area contributed by atoms with Crippen molar-refractivity contribution < 1.29 is 4.79 Å². The molecule has 1 aromatic heterocycles. The van der Waals surface area contributed by atoms with Gasteiger partial charge in [0.1, 0.15) is 5.69 Å². The fraction of sp³-hybridized carbons (Fsp3) is 0.625. The number of anilines is 1. The second kappa shape index (κ2) is 7.41. The zero-order chi connectivity index (χ0) is 15.2. The molecule has 2 rings (SSSR count). The Morgan fingerprint density at radius 1 is 1.48 bits per heavy atom. The van der Waals surface area contributed by atoms with E-state index < -0.39 is 0 Å². The lowest BCUT2D eigenvalue weighted by atomic mass is 9.90. The molecule has 1 aliphatic rings. The molecule has 0 spiro atoms. The van der Waals surface area contributed by atoms with Crippen LogP contribution in [0.15, 0.2) is 18.3 Å². The second-order valence-corrected chi connectivity index (χ2v) is 5.66. The van der Waals surface area contributed by atoms with Crippen molar-refractivity contribution in [2.45, 2.75) is 32.7 Å². The monoisotopic (exact) mass is 290 g/mol. The highest BCUT2D eigenvalue weighted by Gasteiger charge is 2.23. The van der Waals surface area contributed by atoms with Gasteiger partial charge in [0.05, 0.1) is 0 Å². The molecule has 1 aliphatic heterocycles. The Balaban J connectivity index is 2.00. The first kappa shape index (κ1) is 15.8. The second-order valence-electron chi connectivity index (χ2n) is 5.66. The van der Waals surface area contributed by atoms with Crippen LogP contribution >= 0.6 is 0 Å². The zero-order valence-electron chi connectivity index (χ0n) is 13.2. The number of hydrogen-bond donors (Lipinski definition) is 2. The maximum atomic E-state index is 11.9. The van der Waals surface area contributed by atoms with Gasteiger partial charge in [0.25, 0.3) is 5.91 Å². The normalized spacial score (nSPS) is 17.6. The van der Waals surface area contributed by atoms with Gasteiger partial charge < -0.3 is 15.5 Å². The molecule has 1 aromatic rings. The Kier molecular flexibility index (Phi) is 5.56. The van der Waals surface area contributed by atoms with E-state index in [-0.39, 0.29) is 5.91 Å². The summed E-state index contributed by atoms with van der Waals surface area (Å²) >= 11 is 0. The van der Waals surface area contributed by atoms with Crippen LogP contribution in [0.2, 0.25) is 0 Å². The summed E-state index contributed by atoms with van der Waals surface area (Å²) in [5.41, 5.74) is 1.60. The summed E-state index contributed by atoms with van der Waals surface area (Å²) in [7, 11) is 2.03. The van der Waals surface area contributed by atoms with E-state index in [0.717, 1.165) is 24.7 Å². The van der Waals surface area contributed by atoms with Crippen molar-refractivity contribution in [2.75, 3.05) is 31.6 Å². The molecule has 1 unspecified atom stereocenters. The van der Waals surface area contributed by atoms with Crippen molar-refractivity contribution in [2.24, 2.45) is 5.92 Å². The smallest absolute Gasteiger partial charge is 0.269 e. The van der Waals surface area contributed by atoms with Crippen LogP contribution in [0.25, 0.3) is 0 Å². The van der Waals surface area contributed by atoms with Gasteiger partial charge >= 0.3 is 0 Å². The molecule has 1 atom stereocenters. The third-order valence-corrected chi connectivity index (χ3v) is 4.38. The van der Waals surface area contributed by atoms with Crippen LogP contribution in [0.4, 0.5) is 5.69 Å². The quantitative estimate of drug-likeness (QED) is 0.866. The van der Waals surface area contributed by atoms with E-state index >= 15 is 0 Å². The molecule has 1 saturated heterocycles. The fourth-order valence-electron chi connectivity index (χ4n) is 2.88. The molecule has 0 aromatic carbocycles. The summed E-state index contributed by atoms with van der Waals surface area (Å²) in [4.78, 5) is 18.4. The molecule has 2 heterocycles. The summed E-state index contributed by atoms with van der Waals surface area (Å²) in [6.07, 6.45) is 4.09. The minimum absolute atomic E-state index is 0.0990. The number of nitrogens with zero attached hydrogens (tertiary/aromatic N) is 2. The van der Waals surface area contributed by atoms with E-state index in [1.807, 2.05) is 26.1 Å². The molecule has 0 saturated carbocycles. The predicted molar refractivity (Wildman–Crippen MR) is 85.7 cm³/mol. The van der Waals surface area contributed by atoms with Gasteiger partial charge in [0, 0.05) is 37.6 Å². The molecule has 1 amide bonds. The Morgan fingerprint density at radius 2 is 2.19 bits per heavy atom. The summed E-state index contributed by atoms with van der Waals surface area (Å²) in [5, 5.41) is 6.14. The van der Waals surface area contributed by atoms with Crippen LogP contribution in [0.1, 0.15) is 37.2 Å². The Bertz CT molecular complexity index is 469. The van der Waals surface area contributed by atoms with Crippen molar-refractivity contribution in [1.29, 1.82) is 0 Å². The highest BCUT2D eigenvalue weighted by atomic mass is 16.1. The summed E-state index contributed by atoms with van der Waals surface area (Å²) in [6.45, 7) is 6.86. The van der Waals surface area contributed by atoms with E-state index in [0.29, 0.717) is 18.3 Å². The maximum Gasteiger partial charge on any atom is 0.269 e. The first-order chi connectivity index (χ1) is 10.2. The standard InChI is InChI=1S/C16H26N4O/c1-4-18-16(21)15-11-14(5-8-19-15)20-9-6-13(7-10-20)12(2)17-3/h5,8,11-13,17H,4,6-7,9-10H2,1-3H3,(H,18,21). The Morgan fingerprint density at radius 3 is 2.81 bits per heavy atom. The minimum atomic E-state index is -0.0990. The van der Waals surface area contributed by atoms with E-state index in [1.54, 1.807) is 6.20 Å². The first-order valence-corrected chi connectivity index (χ1v) is 7.82. The summed E-state index contributed by atoms with van der Waals surface area (Å²) in [5.74, 6) is 0.633. The number of pyridine rings is 1. The number of carbonyl (C=O) groups excluding carboxylic acids is 1. The summed E-state index contributed by atoms with van der Waals surface area (Å²) in [6, 6.07) is 4.45. The topological polar surface area (TPSA) is 57.3 Å². The highest BCUT2D eigenvalue weighted by molar-refractivity contribution is 5.93. The van der Waals surface area contributed by atoms with Gasteiger partial charge in [-0.25, -0.2) is 0 Å².